The maximum atomic E-state index is 13.8. The summed E-state index contributed by atoms with van der Waals surface area (Å²) in [5.41, 5.74) is 4.33. The number of rotatable bonds is 5. The highest BCUT2D eigenvalue weighted by Gasteiger charge is 2.55. The second-order valence-electron chi connectivity index (χ2n) is 9.13. The highest BCUT2D eigenvalue weighted by molar-refractivity contribution is 5.87. The molecule has 1 amide bonds. The van der Waals surface area contributed by atoms with Gasteiger partial charge in [0.1, 0.15) is 5.75 Å². The Kier molecular flexibility index (Phi) is 5.34. The minimum absolute atomic E-state index is 0.0301. The van der Waals surface area contributed by atoms with Crippen LogP contribution in [0.5, 0.6) is 5.75 Å². The summed E-state index contributed by atoms with van der Waals surface area (Å²) in [7, 11) is 1.68. The van der Waals surface area contributed by atoms with E-state index in [1.54, 1.807) is 7.11 Å². The minimum atomic E-state index is -0.343. The number of carbonyl (C=O) groups excluding carboxylic acids is 1. The van der Waals surface area contributed by atoms with Gasteiger partial charge in [-0.2, -0.15) is 0 Å². The summed E-state index contributed by atoms with van der Waals surface area (Å²) in [5, 5.41) is 0. The van der Waals surface area contributed by atoms with Gasteiger partial charge in [0.15, 0.2) is 0 Å². The molecule has 0 N–H and O–H groups in total. The maximum Gasteiger partial charge on any atom is 0.230 e. The zero-order valence-corrected chi connectivity index (χ0v) is 18.7. The first-order chi connectivity index (χ1) is 15.6. The molecule has 0 aromatic heterocycles. The van der Waals surface area contributed by atoms with Crippen LogP contribution >= 0.6 is 0 Å². The molecular weight excluding hydrogens is 394 g/mol. The fourth-order valence-electron chi connectivity index (χ4n) is 5.38. The topological polar surface area (TPSA) is 29.5 Å². The number of ether oxygens (including phenoxy) is 1. The standard InChI is InChI=1S/C29H29NO2/c1-29-18-7-6-13-26(29)27(30(28(29)31)20-21-9-4-3-5-10-21)24-12-8-11-23(19-24)22-14-16-25(32-2)17-15-22/h3-6,8-17,19,26-27H,7,18,20H2,1-2H3/t26-,27-,29+/m0/s1. The summed E-state index contributed by atoms with van der Waals surface area (Å²) in [6, 6.07) is 27.2. The Morgan fingerprint density at radius 1 is 0.969 bits per heavy atom. The maximum absolute atomic E-state index is 13.8. The SMILES string of the molecule is COc1ccc(-c2cccc([C@H]3[C@@H]4C=CCC[C@@]4(C)C(=O)N3Cc3ccccc3)c2)cc1. The lowest BCUT2D eigenvalue weighted by Gasteiger charge is -2.32. The minimum Gasteiger partial charge on any atom is -0.497 e. The summed E-state index contributed by atoms with van der Waals surface area (Å²) in [4.78, 5) is 15.9. The molecule has 2 aliphatic rings. The van der Waals surface area contributed by atoms with Crippen molar-refractivity contribution in [2.24, 2.45) is 11.3 Å². The van der Waals surface area contributed by atoms with E-state index >= 15 is 0 Å². The van der Waals surface area contributed by atoms with Crippen LogP contribution in [0.1, 0.15) is 36.9 Å². The fraction of sp³-hybridized carbons (Fsp3) is 0.276. The molecule has 0 unspecified atom stereocenters. The Labute approximate surface area is 190 Å². The number of amides is 1. The number of likely N-dealkylation sites (tertiary alicyclic amines) is 1. The lowest BCUT2D eigenvalue weighted by Crippen LogP contribution is -2.34. The van der Waals surface area contributed by atoms with E-state index in [1.807, 2.05) is 30.3 Å². The number of carbonyl (C=O) groups is 1. The van der Waals surface area contributed by atoms with E-state index in [2.05, 4.69) is 72.5 Å². The highest BCUT2D eigenvalue weighted by Crippen LogP contribution is 2.54. The molecule has 3 aromatic carbocycles. The van der Waals surface area contributed by atoms with E-state index in [-0.39, 0.29) is 23.3 Å². The zero-order valence-electron chi connectivity index (χ0n) is 18.7. The van der Waals surface area contributed by atoms with E-state index < -0.39 is 0 Å². The Hall–Kier alpha value is -3.33. The molecule has 1 saturated heterocycles. The van der Waals surface area contributed by atoms with E-state index in [1.165, 1.54) is 11.1 Å². The van der Waals surface area contributed by atoms with Gasteiger partial charge in [-0.05, 0) is 53.3 Å². The van der Waals surface area contributed by atoms with Crippen molar-refractivity contribution >= 4 is 5.91 Å². The van der Waals surface area contributed by atoms with Gasteiger partial charge in [-0.25, -0.2) is 0 Å². The predicted octanol–water partition coefficient (Wildman–Crippen LogP) is 6.42. The number of hydrogen-bond acceptors (Lipinski definition) is 2. The Balaban J connectivity index is 1.56. The van der Waals surface area contributed by atoms with E-state index in [9.17, 15) is 4.79 Å². The molecule has 0 bridgehead atoms. The molecule has 3 heteroatoms. The normalized spacial score (nSPS) is 24.4. The molecule has 3 aromatic rings. The van der Waals surface area contributed by atoms with Crippen molar-refractivity contribution < 1.29 is 9.53 Å². The van der Waals surface area contributed by atoms with Crippen LogP contribution in [0.3, 0.4) is 0 Å². The second kappa shape index (κ2) is 8.31. The van der Waals surface area contributed by atoms with E-state index in [0.29, 0.717) is 6.54 Å². The molecule has 5 rings (SSSR count). The smallest absolute Gasteiger partial charge is 0.230 e. The number of methoxy groups -OCH3 is 1. The highest BCUT2D eigenvalue weighted by atomic mass is 16.5. The van der Waals surface area contributed by atoms with Gasteiger partial charge in [0, 0.05) is 12.5 Å². The first-order valence-electron chi connectivity index (χ1n) is 11.4. The predicted molar refractivity (Wildman–Crippen MR) is 128 cm³/mol. The van der Waals surface area contributed by atoms with E-state index in [0.717, 1.165) is 29.7 Å². The van der Waals surface area contributed by atoms with Gasteiger partial charge in [-0.15, -0.1) is 0 Å². The third-order valence-electron chi connectivity index (χ3n) is 7.18. The Morgan fingerprint density at radius 3 is 2.50 bits per heavy atom. The summed E-state index contributed by atoms with van der Waals surface area (Å²) >= 11 is 0. The van der Waals surface area contributed by atoms with Crippen molar-refractivity contribution in [3.05, 3.63) is 102 Å². The molecule has 3 atom stereocenters. The van der Waals surface area contributed by atoms with Crippen molar-refractivity contribution in [1.82, 2.24) is 4.90 Å². The average molecular weight is 424 g/mol. The van der Waals surface area contributed by atoms with Crippen LogP contribution in [0, 0.1) is 11.3 Å². The summed E-state index contributed by atoms with van der Waals surface area (Å²) in [5.74, 6) is 1.30. The second-order valence-corrected chi connectivity index (χ2v) is 9.13. The van der Waals surface area contributed by atoms with Crippen molar-refractivity contribution in [3.63, 3.8) is 0 Å². The number of allylic oxidation sites excluding steroid dienone is 1. The lowest BCUT2D eigenvalue weighted by molar-refractivity contribution is -0.137. The van der Waals surface area contributed by atoms with E-state index in [4.69, 9.17) is 4.74 Å². The number of nitrogens with zero attached hydrogens (tertiary/aromatic N) is 1. The van der Waals surface area contributed by atoms with Gasteiger partial charge in [-0.1, -0.05) is 79.7 Å². The molecule has 162 valence electrons. The summed E-state index contributed by atoms with van der Waals surface area (Å²) < 4.78 is 5.31. The molecule has 1 heterocycles. The molecule has 1 fully saturated rings. The molecule has 32 heavy (non-hydrogen) atoms. The van der Waals surface area contributed by atoms with Gasteiger partial charge in [-0.3, -0.25) is 4.79 Å². The fourth-order valence-corrected chi connectivity index (χ4v) is 5.38. The zero-order chi connectivity index (χ0) is 22.1. The van der Waals surface area contributed by atoms with Crippen molar-refractivity contribution in [1.29, 1.82) is 0 Å². The van der Waals surface area contributed by atoms with Gasteiger partial charge < -0.3 is 9.64 Å². The third-order valence-corrected chi connectivity index (χ3v) is 7.18. The number of benzene rings is 3. The van der Waals surface area contributed by atoms with Gasteiger partial charge >= 0.3 is 0 Å². The Morgan fingerprint density at radius 2 is 1.75 bits per heavy atom. The van der Waals surface area contributed by atoms with Gasteiger partial charge in [0.25, 0.3) is 0 Å². The molecule has 3 nitrogen and oxygen atoms in total. The number of fused-ring (bicyclic) bond motifs is 1. The van der Waals surface area contributed by atoms with Crippen LogP contribution in [0.25, 0.3) is 11.1 Å². The molecule has 1 aliphatic carbocycles. The molecule has 0 saturated carbocycles. The summed E-state index contributed by atoms with van der Waals surface area (Å²) in [6.07, 6.45) is 6.42. The lowest BCUT2D eigenvalue weighted by atomic mass is 9.69. The molecule has 0 radical (unpaired) electrons. The Bertz CT molecular complexity index is 1140. The van der Waals surface area contributed by atoms with Gasteiger partial charge in [0.05, 0.1) is 18.6 Å². The number of hydrogen-bond donors (Lipinski definition) is 0. The van der Waals surface area contributed by atoms with Crippen LogP contribution in [-0.2, 0) is 11.3 Å². The van der Waals surface area contributed by atoms with Crippen LogP contribution < -0.4 is 4.74 Å². The first-order valence-corrected chi connectivity index (χ1v) is 11.4. The molecule has 0 spiro atoms. The average Bonchev–Trinajstić information content (AvgIpc) is 3.06. The monoisotopic (exact) mass is 423 g/mol. The van der Waals surface area contributed by atoms with Crippen molar-refractivity contribution in [3.8, 4) is 16.9 Å². The third kappa shape index (κ3) is 3.52. The van der Waals surface area contributed by atoms with Crippen LogP contribution in [0.2, 0.25) is 0 Å². The van der Waals surface area contributed by atoms with Crippen molar-refractivity contribution in [2.75, 3.05) is 7.11 Å². The largest absolute Gasteiger partial charge is 0.497 e. The van der Waals surface area contributed by atoms with Crippen LogP contribution in [0.4, 0.5) is 0 Å². The quantitative estimate of drug-likeness (QED) is 0.443. The first kappa shape index (κ1) is 20.6. The molecular formula is C29H29NO2. The molecule has 1 aliphatic heterocycles. The van der Waals surface area contributed by atoms with Gasteiger partial charge in [0.2, 0.25) is 5.91 Å². The van der Waals surface area contributed by atoms with Crippen molar-refractivity contribution in [2.45, 2.75) is 32.4 Å². The van der Waals surface area contributed by atoms with Crippen LogP contribution in [0.15, 0.2) is 91.0 Å². The van der Waals surface area contributed by atoms with Crippen LogP contribution in [-0.4, -0.2) is 17.9 Å². The summed E-state index contributed by atoms with van der Waals surface area (Å²) in [6.45, 7) is 2.80.